The Balaban J connectivity index is 0. The van der Waals surface area contributed by atoms with Gasteiger partial charge in [-0.3, -0.25) is 11.5 Å². The van der Waals surface area contributed by atoms with Gasteiger partial charge in [-0.05, 0) is 0 Å². The van der Waals surface area contributed by atoms with Gasteiger partial charge < -0.3 is 15.3 Å². The number of rotatable bonds is 1. The highest BCUT2D eigenvalue weighted by molar-refractivity contribution is 5.69. The smallest absolute Gasteiger partial charge is 0.356 e. The zero-order chi connectivity index (χ0) is 8.57. The number of nitrogens with one attached hydrogen (secondary N) is 1. The third-order valence-electron chi connectivity index (χ3n) is 0.175. The first-order chi connectivity index (χ1) is 4.50. The Hall–Kier alpha value is -1.93. The summed E-state index contributed by atoms with van der Waals surface area (Å²) in [5.41, 5.74) is 9.38. The summed E-state index contributed by atoms with van der Waals surface area (Å²) in [5, 5.41) is 18.6. The quantitative estimate of drug-likeness (QED) is 0.117. The summed E-state index contributed by atoms with van der Waals surface area (Å²) in [5.74, 6) is -0.190. The van der Waals surface area contributed by atoms with Crippen LogP contribution in [0.1, 0.15) is 0 Å². The van der Waals surface area contributed by atoms with E-state index in [2.05, 4.69) is 5.29 Å². The van der Waals surface area contributed by atoms with Gasteiger partial charge in [-0.2, -0.15) is 0 Å². The van der Waals surface area contributed by atoms with Gasteiger partial charge in [0.1, 0.15) is 5.29 Å². The summed E-state index contributed by atoms with van der Waals surface area (Å²) in [6, 6.07) is 0. The largest absolute Gasteiger partial charge is 0.365 e. The van der Waals surface area contributed by atoms with Crippen LogP contribution in [0.2, 0.25) is 0 Å². The summed E-state index contributed by atoms with van der Waals surface area (Å²) in [6.07, 6.45) is 0. The molecular formula is CH5N5O4. The zero-order valence-electron chi connectivity index (χ0n) is 4.68. The first kappa shape index (κ1) is 10.9. The minimum absolute atomic E-state index is 0.190. The Labute approximate surface area is 54.4 Å². The van der Waals surface area contributed by atoms with Crippen LogP contribution in [-0.4, -0.2) is 11.0 Å². The van der Waals surface area contributed by atoms with Crippen molar-refractivity contribution in [1.29, 1.82) is 0 Å². The molecule has 0 amide bonds. The number of hydrogen-bond donors (Lipinski definition) is 3. The fourth-order valence-corrected chi connectivity index (χ4v) is 0.0527. The zero-order valence-corrected chi connectivity index (χ0v) is 4.68. The van der Waals surface area contributed by atoms with Gasteiger partial charge in [0.2, 0.25) is 0 Å². The van der Waals surface area contributed by atoms with Crippen molar-refractivity contribution in [3.05, 3.63) is 20.2 Å². The first-order valence-electron chi connectivity index (χ1n) is 1.78. The van der Waals surface area contributed by atoms with Gasteiger partial charge in [-0.1, -0.05) is 0 Å². The SMILES string of the molecule is NC(N)=[NH+]N=O.O=[N+]([O-])[O-]. The summed E-state index contributed by atoms with van der Waals surface area (Å²) < 4.78 is 0. The molecule has 0 heterocycles. The van der Waals surface area contributed by atoms with Crippen LogP contribution in [-0.2, 0) is 0 Å². The maximum absolute atomic E-state index is 9.07. The molecule has 10 heavy (non-hydrogen) atoms. The molecule has 0 aliphatic carbocycles. The molecule has 0 rings (SSSR count). The van der Waals surface area contributed by atoms with Crippen molar-refractivity contribution >= 4 is 5.96 Å². The number of guanidine groups is 1. The second kappa shape index (κ2) is 7.07. The maximum Gasteiger partial charge on any atom is 0.365 e. The van der Waals surface area contributed by atoms with E-state index in [0.717, 1.165) is 0 Å². The van der Waals surface area contributed by atoms with Crippen LogP contribution in [0.4, 0.5) is 0 Å². The van der Waals surface area contributed by atoms with E-state index < -0.39 is 5.09 Å². The average molecular weight is 151 g/mol. The standard InChI is InChI=1S/CH4N4O.NO3/c2-1(3)4-5-6;2-1(3)4/h(H4,2,3,4,6);/q;-1/p+1. The van der Waals surface area contributed by atoms with E-state index in [-0.39, 0.29) is 5.96 Å². The normalized spacial score (nSPS) is 6.40. The van der Waals surface area contributed by atoms with Crippen LogP contribution in [0, 0.1) is 20.2 Å². The molecule has 58 valence electrons. The second-order valence-corrected chi connectivity index (χ2v) is 0.882. The molecule has 0 unspecified atom stereocenters. The van der Waals surface area contributed by atoms with Gasteiger partial charge in [0.15, 0.2) is 0 Å². The van der Waals surface area contributed by atoms with Crippen molar-refractivity contribution in [2.45, 2.75) is 0 Å². The van der Waals surface area contributed by atoms with Crippen LogP contribution < -0.4 is 16.6 Å². The molecule has 0 aliphatic rings. The van der Waals surface area contributed by atoms with E-state index in [0.29, 0.717) is 0 Å². The Bertz CT molecular complexity index is 133. The van der Waals surface area contributed by atoms with Crippen molar-refractivity contribution in [1.82, 2.24) is 0 Å². The molecule has 5 N–H and O–H groups in total. The highest BCUT2D eigenvalue weighted by Gasteiger charge is 1.77. The molecule has 0 bridgehead atoms. The average Bonchev–Trinajstić information content (AvgIpc) is 1.62. The van der Waals surface area contributed by atoms with E-state index >= 15 is 0 Å². The Morgan fingerprint density at radius 2 is 1.80 bits per heavy atom. The Morgan fingerprint density at radius 3 is 1.80 bits per heavy atom. The topological polar surface area (TPSA) is 162 Å². The summed E-state index contributed by atoms with van der Waals surface area (Å²) in [6.45, 7) is 0. The van der Waals surface area contributed by atoms with Crippen molar-refractivity contribution in [2.24, 2.45) is 16.8 Å². The molecule has 0 saturated carbocycles. The highest BCUT2D eigenvalue weighted by atomic mass is 16.9. The Morgan fingerprint density at radius 1 is 1.50 bits per heavy atom. The minimum atomic E-state index is -1.75. The fourth-order valence-electron chi connectivity index (χ4n) is 0.0527. The Kier molecular flexibility index (Phi) is 7.74. The molecule has 0 aromatic heterocycles. The predicted octanol–water partition coefficient (Wildman–Crippen LogP) is -3.22. The second-order valence-electron chi connectivity index (χ2n) is 0.882. The predicted molar refractivity (Wildman–Crippen MR) is 30.5 cm³/mol. The molecule has 0 fully saturated rings. The van der Waals surface area contributed by atoms with Gasteiger partial charge in [-0.25, -0.2) is 0 Å². The lowest BCUT2D eigenvalue weighted by atomic mass is 11.1. The molecule has 0 spiro atoms. The molecule has 9 nitrogen and oxygen atoms in total. The van der Waals surface area contributed by atoms with E-state index in [1.165, 1.54) is 0 Å². The first-order valence-corrected chi connectivity index (χ1v) is 1.78. The van der Waals surface area contributed by atoms with Gasteiger partial charge in [0, 0.05) is 0 Å². The lowest BCUT2D eigenvalue weighted by molar-refractivity contribution is -0.467. The third-order valence-corrected chi connectivity index (χ3v) is 0.175. The molecule has 0 aliphatic heterocycles. The fraction of sp³-hybridized carbons (Fsp3) is 0. The summed E-state index contributed by atoms with van der Waals surface area (Å²) >= 11 is 0. The van der Waals surface area contributed by atoms with Crippen LogP contribution in [0.5, 0.6) is 0 Å². The minimum Gasteiger partial charge on any atom is -0.356 e. The van der Waals surface area contributed by atoms with Crippen molar-refractivity contribution in [3.63, 3.8) is 0 Å². The number of hydrogen-bond acceptors (Lipinski definition) is 5. The van der Waals surface area contributed by atoms with E-state index in [1.54, 1.807) is 5.10 Å². The number of nitroso groups, excluding NO2 is 1. The maximum atomic E-state index is 9.07. The third kappa shape index (κ3) is 136. The van der Waals surface area contributed by atoms with Gasteiger partial charge in [0.05, 0.1) is 5.09 Å². The molecule has 0 aromatic rings. The molecule has 9 heteroatoms. The lowest BCUT2D eigenvalue weighted by Gasteiger charge is -1.74. The molecule has 0 radical (unpaired) electrons. The van der Waals surface area contributed by atoms with Crippen LogP contribution in [0.25, 0.3) is 0 Å². The van der Waals surface area contributed by atoms with Crippen molar-refractivity contribution < 1.29 is 10.2 Å². The van der Waals surface area contributed by atoms with E-state index in [4.69, 9.17) is 31.7 Å². The molecule has 0 atom stereocenters. The monoisotopic (exact) mass is 151 g/mol. The van der Waals surface area contributed by atoms with Crippen LogP contribution >= 0.6 is 0 Å². The molecule has 0 saturated heterocycles. The highest BCUT2D eigenvalue weighted by Crippen LogP contribution is 1.44. The van der Waals surface area contributed by atoms with E-state index in [9.17, 15) is 0 Å². The van der Waals surface area contributed by atoms with E-state index in [1.807, 2.05) is 0 Å². The number of nitrogens with two attached hydrogens (primary N) is 2. The molecular weight excluding hydrogens is 146 g/mol. The summed E-state index contributed by atoms with van der Waals surface area (Å²) in [7, 11) is 0. The van der Waals surface area contributed by atoms with Crippen molar-refractivity contribution in [3.8, 4) is 0 Å². The van der Waals surface area contributed by atoms with Gasteiger partial charge >= 0.3 is 5.96 Å². The number of nitrogens with zero attached hydrogens (tertiary/aromatic N) is 2. The van der Waals surface area contributed by atoms with Crippen molar-refractivity contribution in [2.75, 3.05) is 0 Å². The molecule has 0 aromatic carbocycles. The van der Waals surface area contributed by atoms with Crippen LogP contribution in [0.15, 0.2) is 5.29 Å². The van der Waals surface area contributed by atoms with Gasteiger partial charge in [0.25, 0.3) is 0 Å². The summed E-state index contributed by atoms with van der Waals surface area (Å²) in [4.78, 5) is 17.3. The van der Waals surface area contributed by atoms with Crippen LogP contribution in [0.3, 0.4) is 0 Å². The lowest BCUT2D eigenvalue weighted by Crippen LogP contribution is -2.71. The van der Waals surface area contributed by atoms with Gasteiger partial charge in [-0.15, -0.1) is 10.0 Å².